The molecular formula is C12H10IN3O. The van der Waals surface area contributed by atoms with Gasteiger partial charge in [-0.25, -0.2) is 9.36 Å². The Morgan fingerprint density at radius 3 is 3.12 bits per heavy atom. The van der Waals surface area contributed by atoms with Crippen LogP contribution >= 0.6 is 22.6 Å². The second kappa shape index (κ2) is 3.83. The predicted molar refractivity (Wildman–Crippen MR) is 77.5 cm³/mol. The second-order valence-electron chi connectivity index (χ2n) is 4.05. The minimum atomic E-state index is -0.218. The van der Waals surface area contributed by atoms with E-state index in [0.717, 1.165) is 28.0 Å². The highest BCUT2D eigenvalue weighted by molar-refractivity contribution is 14.1. The van der Waals surface area contributed by atoms with Gasteiger partial charge in [0.15, 0.2) is 0 Å². The molecule has 1 aliphatic heterocycles. The van der Waals surface area contributed by atoms with Gasteiger partial charge in [-0.3, -0.25) is 0 Å². The molecule has 0 amide bonds. The van der Waals surface area contributed by atoms with Crippen molar-refractivity contribution >= 4 is 45.0 Å². The highest BCUT2D eigenvalue weighted by Crippen LogP contribution is 2.28. The first-order chi connectivity index (χ1) is 8.20. The molecule has 2 aromatic rings. The first-order valence-electron chi connectivity index (χ1n) is 5.27. The smallest absolute Gasteiger partial charge is 0.354 e. The Morgan fingerprint density at radius 1 is 1.53 bits per heavy atom. The van der Waals surface area contributed by atoms with Gasteiger partial charge in [0.1, 0.15) is 5.82 Å². The van der Waals surface area contributed by atoms with Crippen molar-refractivity contribution in [1.29, 1.82) is 0 Å². The fourth-order valence-electron chi connectivity index (χ4n) is 2.09. The molecule has 1 aromatic carbocycles. The summed E-state index contributed by atoms with van der Waals surface area (Å²) >= 11 is 2.14. The van der Waals surface area contributed by atoms with Crippen LogP contribution in [-0.2, 0) is 0 Å². The Bertz CT molecular complexity index is 703. The van der Waals surface area contributed by atoms with Crippen LogP contribution in [0.5, 0.6) is 0 Å². The van der Waals surface area contributed by atoms with Crippen molar-refractivity contribution < 1.29 is 0 Å². The first kappa shape index (κ1) is 10.8. The van der Waals surface area contributed by atoms with Crippen molar-refractivity contribution in [3.8, 4) is 0 Å². The molecule has 4 nitrogen and oxygen atoms in total. The Labute approximate surface area is 111 Å². The Hall–Kier alpha value is -1.37. The van der Waals surface area contributed by atoms with E-state index in [0.29, 0.717) is 6.54 Å². The van der Waals surface area contributed by atoms with Crippen molar-refractivity contribution in [2.75, 3.05) is 11.9 Å². The molecule has 0 aliphatic carbocycles. The summed E-state index contributed by atoms with van der Waals surface area (Å²) in [4.78, 5) is 16.1. The van der Waals surface area contributed by atoms with E-state index in [1.54, 1.807) is 4.57 Å². The maximum absolute atomic E-state index is 11.9. The van der Waals surface area contributed by atoms with Gasteiger partial charge in [-0.2, -0.15) is 4.98 Å². The van der Waals surface area contributed by atoms with Gasteiger partial charge >= 0.3 is 5.69 Å². The molecule has 17 heavy (non-hydrogen) atoms. The first-order valence-corrected chi connectivity index (χ1v) is 6.52. The molecule has 1 N–H and O–H groups in total. The van der Waals surface area contributed by atoms with E-state index < -0.39 is 0 Å². The zero-order valence-corrected chi connectivity index (χ0v) is 11.4. The van der Waals surface area contributed by atoms with Crippen molar-refractivity contribution in [3.63, 3.8) is 0 Å². The molecule has 0 unspecified atom stereocenters. The zero-order chi connectivity index (χ0) is 12.0. The zero-order valence-electron chi connectivity index (χ0n) is 9.20. The maximum Gasteiger partial charge on any atom is 0.354 e. The van der Waals surface area contributed by atoms with Crippen molar-refractivity contribution in [3.05, 3.63) is 38.3 Å². The number of nitrogens with zero attached hydrogens (tertiary/aromatic N) is 2. The number of rotatable bonds is 0. The number of halogens is 1. The summed E-state index contributed by atoms with van der Waals surface area (Å²) in [5.41, 5.74) is 2.63. The lowest BCUT2D eigenvalue weighted by Crippen LogP contribution is -2.20. The minimum absolute atomic E-state index is 0.218. The molecule has 1 aliphatic rings. The van der Waals surface area contributed by atoms with Crippen LogP contribution in [0.25, 0.3) is 16.6 Å². The molecule has 2 heterocycles. The number of aromatic nitrogens is 2. The SMILES string of the molecule is Cc1ccc2nc(=O)n3c(c2c1)NC/C3=C/I. The molecule has 0 saturated heterocycles. The standard InChI is InChI=1S/C12H10IN3O/c1-7-2-3-10-9(4-7)11-14-6-8(5-13)16(11)12(17)15-10/h2-5,14H,6H2,1H3/b8-5-. The fraction of sp³-hybridized carbons (Fsp3) is 0.167. The summed E-state index contributed by atoms with van der Waals surface area (Å²) in [7, 11) is 0. The molecule has 0 radical (unpaired) electrons. The average molecular weight is 339 g/mol. The van der Waals surface area contributed by atoms with Gasteiger partial charge < -0.3 is 5.32 Å². The van der Waals surface area contributed by atoms with Gasteiger partial charge in [0.05, 0.1) is 17.8 Å². The molecule has 0 atom stereocenters. The van der Waals surface area contributed by atoms with E-state index in [1.165, 1.54) is 0 Å². The molecule has 5 heteroatoms. The van der Waals surface area contributed by atoms with E-state index >= 15 is 0 Å². The number of benzene rings is 1. The second-order valence-corrected chi connectivity index (χ2v) is 4.68. The van der Waals surface area contributed by atoms with Crippen molar-refractivity contribution in [2.45, 2.75) is 6.92 Å². The number of aryl methyl sites for hydroxylation is 1. The number of hydrogen-bond acceptors (Lipinski definition) is 3. The van der Waals surface area contributed by atoms with E-state index in [2.05, 4.69) is 39.0 Å². The van der Waals surface area contributed by atoms with E-state index in [4.69, 9.17) is 0 Å². The normalized spacial score (nSPS) is 16.2. The van der Waals surface area contributed by atoms with Gasteiger partial charge in [-0.15, -0.1) is 0 Å². The molecule has 0 saturated carbocycles. The van der Waals surface area contributed by atoms with Crippen LogP contribution < -0.4 is 11.0 Å². The molecule has 0 spiro atoms. The van der Waals surface area contributed by atoms with E-state index in [9.17, 15) is 4.79 Å². The van der Waals surface area contributed by atoms with E-state index in [-0.39, 0.29) is 5.69 Å². The van der Waals surface area contributed by atoms with Crippen LogP contribution in [0.4, 0.5) is 5.82 Å². The average Bonchev–Trinajstić information content (AvgIpc) is 2.75. The lowest BCUT2D eigenvalue weighted by molar-refractivity contribution is 0.996. The van der Waals surface area contributed by atoms with Crippen molar-refractivity contribution in [2.24, 2.45) is 0 Å². The number of anilines is 1. The van der Waals surface area contributed by atoms with Crippen LogP contribution in [-0.4, -0.2) is 16.1 Å². The molecule has 1 aromatic heterocycles. The van der Waals surface area contributed by atoms with Gasteiger partial charge in [-0.05, 0) is 23.1 Å². The number of nitrogens with one attached hydrogen (secondary N) is 1. The third kappa shape index (κ3) is 1.56. The summed E-state index contributed by atoms with van der Waals surface area (Å²) in [6, 6.07) is 5.91. The topological polar surface area (TPSA) is 46.9 Å². The summed E-state index contributed by atoms with van der Waals surface area (Å²) in [6.45, 7) is 2.71. The summed E-state index contributed by atoms with van der Waals surface area (Å²) in [5, 5.41) is 4.26. The third-order valence-corrected chi connectivity index (χ3v) is 3.61. The van der Waals surface area contributed by atoms with Crippen LogP contribution in [0.1, 0.15) is 5.56 Å². The van der Waals surface area contributed by atoms with Crippen molar-refractivity contribution in [1.82, 2.24) is 9.55 Å². The highest BCUT2D eigenvalue weighted by atomic mass is 127. The maximum atomic E-state index is 11.9. The predicted octanol–water partition coefficient (Wildman–Crippen LogP) is 2.36. The highest BCUT2D eigenvalue weighted by Gasteiger charge is 2.19. The number of hydrogen-bond donors (Lipinski definition) is 1. The van der Waals surface area contributed by atoms with Gasteiger partial charge in [0.25, 0.3) is 0 Å². The Balaban J connectivity index is 2.47. The molecular weight excluding hydrogens is 329 g/mol. The van der Waals surface area contributed by atoms with Crippen LogP contribution in [0.3, 0.4) is 0 Å². The number of fused-ring (bicyclic) bond motifs is 3. The molecule has 86 valence electrons. The lowest BCUT2D eigenvalue weighted by Gasteiger charge is -2.06. The lowest BCUT2D eigenvalue weighted by atomic mass is 10.1. The Kier molecular flexibility index (Phi) is 2.43. The third-order valence-electron chi connectivity index (χ3n) is 2.89. The molecule has 0 bridgehead atoms. The van der Waals surface area contributed by atoms with Gasteiger partial charge in [-0.1, -0.05) is 34.2 Å². The summed E-state index contributed by atoms with van der Waals surface area (Å²) in [5.74, 6) is 0.853. The van der Waals surface area contributed by atoms with Crippen LogP contribution in [0.2, 0.25) is 0 Å². The van der Waals surface area contributed by atoms with E-state index in [1.807, 2.05) is 23.1 Å². The fourth-order valence-corrected chi connectivity index (χ4v) is 2.59. The molecule has 3 rings (SSSR count). The minimum Gasteiger partial charge on any atom is -0.365 e. The monoisotopic (exact) mass is 339 g/mol. The van der Waals surface area contributed by atoms with Crippen LogP contribution in [0, 0.1) is 6.92 Å². The quantitative estimate of drug-likeness (QED) is 0.750. The molecule has 0 fully saturated rings. The summed E-state index contributed by atoms with van der Waals surface area (Å²) < 4.78 is 3.56. The van der Waals surface area contributed by atoms with Gasteiger partial charge in [0, 0.05) is 5.39 Å². The van der Waals surface area contributed by atoms with Gasteiger partial charge in [0.2, 0.25) is 0 Å². The van der Waals surface area contributed by atoms with Crippen LogP contribution in [0.15, 0.2) is 27.1 Å². The summed E-state index contributed by atoms with van der Waals surface area (Å²) in [6.07, 6.45) is 0. The largest absolute Gasteiger partial charge is 0.365 e. The Morgan fingerprint density at radius 2 is 2.35 bits per heavy atom.